The SMILES string of the molecule is C=CCn1c(SCC(=O)Nc2ccc(Cl)cc2Cl)nnc1-c1ccc(OC)cc1. The summed E-state index contributed by atoms with van der Waals surface area (Å²) in [4.78, 5) is 12.3. The third-order valence-electron chi connectivity index (χ3n) is 3.91. The molecule has 0 fully saturated rings. The number of carbonyl (C=O) groups excluding carboxylic acids is 1. The topological polar surface area (TPSA) is 69.0 Å². The number of allylic oxidation sites excluding steroid dienone is 1. The normalized spacial score (nSPS) is 10.6. The molecule has 6 nitrogen and oxygen atoms in total. The van der Waals surface area contributed by atoms with Gasteiger partial charge >= 0.3 is 0 Å². The number of hydrogen-bond donors (Lipinski definition) is 1. The molecule has 0 atom stereocenters. The van der Waals surface area contributed by atoms with Gasteiger partial charge in [0.25, 0.3) is 0 Å². The molecule has 29 heavy (non-hydrogen) atoms. The van der Waals surface area contributed by atoms with Gasteiger partial charge < -0.3 is 10.1 Å². The lowest BCUT2D eigenvalue weighted by molar-refractivity contribution is -0.113. The number of ether oxygens (including phenoxy) is 1. The predicted octanol–water partition coefficient (Wildman–Crippen LogP) is 5.18. The molecule has 1 amide bonds. The van der Waals surface area contributed by atoms with Gasteiger partial charge in [0.15, 0.2) is 11.0 Å². The van der Waals surface area contributed by atoms with Crippen LogP contribution in [0.3, 0.4) is 0 Å². The van der Waals surface area contributed by atoms with Crippen molar-refractivity contribution in [3.05, 3.63) is 65.2 Å². The maximum absolute atomic E-state index is 12.3. The quantitative estimate of drug-likeness (QED) is 0.379. The second-order valence-electron chi connectivity index (χ2n) is 5.89. The first-order valence-electron chi connectivity index (χ1n) is 8.58. The van der Waals surface area contributed by atoms with E-state index in [1.807, 2.05) is 28.8 Å². The molecule has 9 heteroatoms. The lowest BCUT2D eigenvalue weighted by atomic mass is 10.2. The Kier molecular flexibility index (Phi) is 7.19. The summed E-state index contributed by atoms with van der Waals surface area (Å²) in [5.41, 5.74) is 1.40. The Bertz CT molecular complexity index is 1020. The molecule has 1 heterocycles. The number of hydrogen-bond acceptors (Lipinski definition) is 5. The van der Waals surface area contributed by atoms with Crippen LogP contribution in [0.25, 0.3) is 11.4 Å². The summed E-state index contributed by atoms with van der Waals surface area (Å²) < 4.78 is 7.10. The Morgan fingerprint density at radius 3 is 2.66 bits per heavy atom. The molecule has 3 aromatic rings. The van der Waals surface area contributed by atoms with Gasteiger partial charge in [-0.15, -0.1) is 16.8 Å². The Morgan fingerprint density at radius 1 is 1.24 bits per heavy atom. The molecule has 2 aromatic carbocycles. The smallest absolute Gasteiger partial charge is 0.234 e. The second-order valence-corrected chi connectivity index (χ2v) is 7.68. The molecule has 0 unspecified atom stereocenters. The van der Waals surface area contributed by atoms with Crippen LogP contribution in [0.1, 0.15) is 0 Å². The first kappa shape index (κ1) is 21.2. The van der Waals surface area contributed by atoms with Crippen LogP contribution in [0.4, 0.5) is 5.69 Å². The van der Waals surface area contributed by atoms with Gasteiger partial charge in [0, 0.05) is 17.1 Å². The van der Waals surface area contributed by atoms with Gasteiger partial charge in [0.2, 0.25) is 5.91 Å². The molecule has 0 radical (unpaired) electrons. The van der Waals surface area contributed by atoms with Crippen LogP contribution in [0.15, 0.2) is 60.3 Å². The molecule has 0 spiro atoms. The van der Waals surface area contributed by atoms with E-state index in [4.69, 9.17) is 27.9 Å². The largest absolute Gasteiger partial charge is 0.497 e. The summed E-state index contributed by atoms with van der Waals surface area (Å²) >= 11 is 13.3. The number of carbonyl (C=O) groups is 1. The van der Waals surface area contributed by atoms with Crippen LogP contribution >= 0.6 is 35.0 Å². The van der Waals surface area contributed by atoms with Crippen LogP contribution in [0, 0.1) is 0 Å². The highest BCUT2D eigenvalue weighted by molar-refractivity contribution is 7.99. The van der Waals surface area contributed by atoms with Crippen molar-refractivity contribution in [2.75, 3.05) is 18.2 Å². The molecular weight excluding hydrogens is 431 g/mol. The number of methoxy groups -OCH3 is 1. The van der Waals surface area contributed by atoms with Crippen LogP contribution in [0.2, 0.25) is 10.0 Å². The van der Waals surface area contributed by atoms with E-state index in [0.717, 1.165) is 11.3 Å². The van der Waals surface area contributed by atoms with Crippen LogP contribution < -0.4 is 10.1 Å². The summed E-state index contributed by atoms with van der Waals surface area (Å²) in [6, 6.07) is 12.4. The lowest BCUT2D eigenvalue weighted by Gasteiger charge is -2.09. The zero-order chi connectivity index (χ0) is 20.8. The Balaban J connectivity index is 1.72. The third kappa shape index (κ3) is 5.32. The summed E-state index contributed by atoms with van der Waals surface area (Å²) in [7, 11) is 1.62. The molecule has 3 rings (SSSR count). The molecule has 0 saturated carbocycles. The highest BCUT2D eigenvalue weighted by atomic mass is 35.5. The average molecular weight is 449 g/mol. The molecule has 1 N–H and O–H groups in total. The molecular formula is C20H18Cl2N4O2S. The maximum Gasteiger partial charge on any atom is 0.234 e. The molecule has 0 bridgehead atoms. The molecule has 0 aliphatic carbocycles. The number of nitrogens with one attached hydrogen (secondary N) is 1. The van der Waals surface area contributed by atoms with Crippen molar-refractivity contribution in [2.45, 2.75) is 11.7 Å². The number of nitrogens with zero attached hydrogens (tertiary/aromatic N) is 3. The van der Waals surface area contributed by atoms with Gasteiger partial charge in [0.05, 0.1) is 23.6 Å². The second kappa shape index (κ2) is 9.82. The number of aromatic nitrogens is 3. The van der Waals surface area contributed by atoms with E-state index in [1.165, 1.54) is 11.8 Å². The van der Waals surface area contributed by atoms with Gasteiger partial charge in [0.1, 0.15) is 5.75 Å². The van der Waals surface area contributed by atoms with Crippen molar-refractivity contribution in [3.63, 3.8) is 0 Å². The van der Waals surface area contributed by atoms with E-state index in [-0.39, 0.29) is 11.7 Å². The Labute approximate surface area is 182 Å². The summed E-state index contributed by atoms with van der Waals surface area (Å²) in [5, 5.41) is 12.8. The van der Waals surface area contributed by atoms with E-state index >= 15 is 0 Å². The van der Waals surface area contributed by atoms with Crippen molar-refractivity contribution in [1.82, 2.24) is 14.8 Å². The lowest BCUT2D eigenvalue weighted by Crippen LogP contribution is -2.15. The molecule has 1 aromatic heterocycles. The van der Waals surface area contributed by atoms with E-state index < -0.39 is 0 Å². The minimum atomic E-state index is -0.210. The average Bonchev–Trinajstić information content (AvgIpc) is 3.11. The zero-order valence-corrected chi connectivity index (χ0v) is 17.9. The Morgan fingerprint density at radius 2 is 2.00 bits per heavy atom. The van der Waals surface area contributed by atoms with E-state index in [0.29, 0.717) is 33.3 Å². The van der Waals surface area contributed by atoms with Gasteiger partial charge in [-0.05, 0) is 42.5 Å². The van der Waals surface area contributed by atoms with E-state index in [2.05, 4.69) is 22.1 Å². The van der Waals surface area contributed by atoms with Crippen molar-refractivity contribution in [2.24, 2.45) is 0 Å². The third-order valence-corrected chi connectivity index (χ3v) is 5.43. The molecule has 150 valence electrons. The van der Waals surface area contributed by atoms with Gasteiger partial charge in [-0.1, -0.05) is 41.0 Å². The van der Waals surface area contributed by atoms with Gasteiger partial charge in [-0.3, -0.25) is 9.36 Å². The monoisotopic (exact) mass is 448 g/mol. The van der Waals surface area contributed by atoms with Crippen molar-refractivity contribution >= 4 is 46.6 Å². The molecule has 0 saturated heterocycles. The van der Waals surface area contributed by atoms with Gasteiger partial charge in [-0.2, -0.15) is 0 Å². The number of benzene rings is 2. The summed E-state index contributed by atoms with van der Waals surface area (Å²) in [6.45, 7) is 4.31. The van der Waals surface area contributed by atoms with E-state index in [9.17, 15) is 4.79 Å². The van der Waals surface area contributed by atoms with Crippen molar-refractivity contribution in [3.8, 4) is 17.1 Å². The van der Waals surface area contributed by atoms with Crippen LogP contribution in [-0.2, 0) is 11.3 Å². The fourth-order valence-electron chi connectivity index (χ4n) is 2.55. The summed E-state index contributed by atoms with van der Waals surface area (Å²) in [5.74, 6) is 1.39. The fourth-order valence-corrected chi connectivity index (χ4v) is 3.75. The van der Waals surface area contributed by atoms with Crippen molar-refractivity contribution < 1.29 is 9.53 Å². The number of halogens is 2. The minimum absolute atomic E-state index is 0.150. The van der Waals surface area contributed by atoms with Gasteiger partial charge in [-0.25, -0.2) is 0 Å². The number of anilines is 1. The Hall–Kier alpha value is -2.48. The minimum Gasteiger partial charge on any atom is -0.497 e. The predicted molar refractivity (Wildman–Crippen MR) is 118 cm³/mol. The number of rotatable bonds is 8. The highest BCUT2D eigenvalue weighted by Crippen LogP contribution is 2.27. The fraction of sp³-hybridized carbons (Fsp3) is 0.150. The molecule has 0 aliphatic rings. The molecule has 0 aliphatic heterocycles. The standard InChI is InChI=1S/C20H18Cl2N4O2S/c1-3-10-26-19(13-4-7-15(28-2)8-5-13)24-25-20(26)29-12-18(27)23-17-9-6-14(21)11-16(17)22/h3-9,11H,1,10,12H2,2H3,(H,23,27). The van der Waals surface area contributed by atoms with Crippen LogP contribution in [-0.4, -0.2) is 33.5 Å². The van der Waals surface area contributed by atoms with Crippen molar-refractivity contribution in [1.29, 1.82) is 0 Å². The van der Waals surface area contributed by atoms with Crippen LogP contribution in [0.5, 0.6) is 5.75 Å². The maximum atomic E-state index is 12.3. The zero-order valence-electron chi connectivity index (χ0n) is 15.6. The number of thioether (sulfide) groups is 1. The first-order valence-corrected chi connectivity index (χ1v) is 10.3. The number of amides is 1. The summed E-state index contributed by atoms with van der Waals surface area (Å²) in [6.07, 6.45) is 1.76. The highest BCUT2D eigenvalue weighted by Gasteiger charge is 2.15. The van der Waals surface area contributed by atoms with E-state index in [1.54, 1.807) is 31.4 Å². The first-order chi connectivity index (χ1) is 14.0.